The Hall–Kier alpha value is -0.900. The predicted octanol–water partition coefficient (Wildman–Crippen LogP) is 2.48. The molecule has 0 spiro atoms. The third kappa shape index (κ3) is 5.31. The minimum absolute atomic E-state index is 0.144. The van der Waals surface area contributed by atoms with Gasteiger partial charge in [0.1, 0.15) is 0 Å². The summed E-state index contributed by atoms with van der Waals surface area (Å²) in [5, 5.41) is 3.36. The molecule has 0 aliphatic rings. The molecule has 0 unspecified atom stereocenters. The predicted molar refractivity (Wildman–Crippen MR) is 69.9 cm³/mol. The molecular formula is C14H23NO2. The Morgan fingerprint density at radius 1 is 1.12 bits per heavy atom. The fourth-order valence-corrected chi connectivity index (χ4v) is 1.67. The van der Waals surface area contributed by atoms with E-state index in [9.17, 15) is 0 Å². The van der Waals surface area contributed by atoms with Gasteiger partial charge in [-0.3, -0.25) is 0 Å². The van der Waals surface area contributed by atoms with Crippen LogP contribution in [0.4, 0.5) is 0 Å². The molecule has 1 aromatic rings. The van der Waals surface area contributed by atoms with E-state index in [1.54, 1.807) is 0 Å². The van der Waals surface area contributed by atoms with Crippen LogP contribution in [0.2, 0.25) is 0 Å². The SMILES string of the molecule is CCOC(CNCc1ccccc1C)OCC. The Bertz CT molecular complexity index is 309. The highest BCUT2D eigenvalue weighted by atomic mass is 16.7. The van der Waals surface area contributed by atoms with E-state index < -0.39 is 0 Å². The van der Waals surface area contributed by atoms with Crippen LogP contribution in [0, 0.1) is 6.92 Å². The summed E-state index contributed by atoms with van der Waals surface area (Å²) in [6.07, 6.45) is -0.144. The van der Waals surface area contributed by atoms with Crippen LogP contribution in [0.5, 0.6) is 0 Å². The lowest BCUT2D eigenvalue weighted by Gasteiger charge is -2.17. The molecule has 0 radical (unpaired) electrons. The van der Waals surface area contributed by atoms with Crippen molar-refractivity contribution >= 4 is 0 Å². The molecule has 3 heteroatoms. The highest BCUT2D eigenvalue weighted by Crippen LogP contribution is 2.06. The van der Waals surface area contributed by atoms with E-state index in [2.05, 4.69) is 36.5 Å². The molecule has 96 valence electrons. The molecule has 0 aliphatic carbocycles. The van der Waals surface area contributed by atoms with Crippen LogP contribution in [-0.2, 0) is 16.0 Å². The molecule has 0 aromatic heterocycles. The first-order valence-electron chi connectivity index (χ1n) is 6.26. The summed E-state index contributed by atoms with van der Waals surface area (Å²) in [6.45, 7) is 9.01. The minimum atomic E-state index is -0.144. The summed E-state index contributed by atoms with van der Waals surface area (Å²) in [5.41, 5.74) is 2.63. The zero-order chi connectivity index (χ0) is 12.5. The van der Waals surface area contributed by atoms with Crippen LogP contribution in [0.25, 0.3) is 0 Å². The first-order chi connectivity index (χ1) is 8.27. The molecule has 0 aliphatic heterocycles. The van der Waals surface area contributed by atoms with Gasteiger partial charge in [0.15, 0.2) is 6.29 Å². The maximum absolute atomic E-state index is 5.47. The largest absolute Gasteiger partial charge is 0.352 e. The summed E-state index contributed by atoms with van der Waals surface area (Å²) < 4.78 is 10.9. The van der Waals surface area contributed by atoms with E-state index in [0.29, 0.717) is 13.2 Å². The third-order valence-corrected chi connectivity index (χ3v) is 2.59. The lowest BCUT2D eigenvalue weighted by Crippen LogP contribution is -2.31. The molecule has 1 aromatic carbocycles. The monoisotopic (exact) mass is 237 g/mol. The zero-order valence-corrected chi connectivity index (χ0v) is 11.0. The van der Waals surface area contributed by atoms with Crippen LogP contribution in [-0.4, -0.2) is 26.0 Å². The molecule has 0 fully saturated rings. The molecule has 0 amide bonds. The summed E-state index contributed by atoms with van der Waals surface area (Å²) in [4.78, 5) is 0. The Kier molecular flexibility index (Phi) is 6.86. The van der Waals surface area contributed by atoms with Gasteiger partial charge in [0, 0.05) is 26.3 Å². The fourth-order valence-electron chi connectivity index (χ4n) is 1.67. The second-order valence-corrected chi connectivity index (χ2v) is 3.90. The Balaban J connectivity index is 2.33. The number of aryl methyl sites for hydroxylation is 1. The summed E-state index contributed by atoms with van der Waals surface area (Å²) in [7, 11) is 0. The molecular weight excluding hydrogens is 214 g/mol. The van der Waals surface area contributed by atoms with Crippen molar-refractivity contribution in [1.29, 1.82) is 0 Å². The van der Waals surface area contributed by atoms with Crippen molar-refractivity contribution in [2.24, 2.45) is 0 Å². The van der Waals surface area contributed by atoms with Crippen LogP contribution in [0.15, 0.2) is 24.3 Å². The summed E-state index contributed by atoms with van der Waals surface area (Å²) in [5.74, 6) is 0. The van der Waals surface area contributed by atoms with E-state index in [4.69, 9.17) is 9.47 Å². The number of rotatable bonds is 8. The van der Waals surface area contributed by atoms with Crippen molar-refractivity contribution in [1.82, 2.24) is 5.32 Å². The van der Waals surface area contributed by atoms with Crippen LogP contribution >= 0.6 is 0 Å². The lowest BCUT2D eigenvalue weighted by molar-refractivity contribution is -0.133. The van der Waals surface area contributed by atoms with E-state index in [1.165, 1.54) is 11.1 Å². The van der Waals surface area contributed by atoms with Crippen LogP contribution in [0.3, 0.4) is 0 Å². The maximum Gasteiger partial charge on any atom is 0.169 e. The molecule has 1 N–H and O–H groups in total. The van der Waals surface area contributed by atoms with Gasteiger partial charge in [-0.15, -0.1) is 0 Å². The van der Waals surface area contributed by atoms with Gasteiger partial charge in [0.05, 0.1) is 0 Å². The second kappa shape index (κ2) is 8.23. The summed E-state index contributed by atoms with van der Waals surface area (Å²) in [6, 6.07) is 8.38. The van der Waals surface area contributed by atoms with E-state index in [1.807, 2.05) is 13.8 Å². The molecule has 1 rings (SSSR count). The van der Waals surface area contributed by atoms with Gasteiger partial charge in [-0.05, 0) is 31.9 Å². The highest BCUT2D eigenvalue weighted by molar-refractivity contribution is 5.25. The molecule has 17 heavy (non-hydrogen) atoms. The third-order valence-electron chi connectivity index (χ3n) is 2.59. The lowest BCUT2D eigenvalue weighted by atomic mass is 10.1. The first-order valence-corrected chi connectivity index (χ1v) is 6.26. The quantitative estimate of drug-likeness (QED) is 0.705. The van der Waals surface area contributed by atoms with Crippen molar-refractivity contribution in [2.75, 3.05) is 19.8 Å². The number of hydrogen-bond donors (Lipinski definition) is 1. The number of benzene rings is 1. The van der Waals surface area contributed by atoms with Gasteiger partial charge in [-0.25, -0.2) is 0 Å². The highest BCUT2D eigenvalue weighted by Gasteiger charge is 2.06. The van der Waals surface area contributed by atoms with Crippen molar-refractivity contribution in [3.05, 3.63) is 35.4 Å². The van der Waals surface area contributed by atoms with E-state index in [-0.39, 0.29) is 6.29 Å². The molecule has 0 saturated heterocycles. The molecule has 0 heterocycles. The average Bonchev–Trinajstić information content (AvgIpc) is 2.32. The molecule has 3 nitrogen and oxygen atoms in total. The Morgan fingerprint density at radius 2 is 1.76 bits per heavy atom. The second-order valence-electron chi connectivity index (χ2n) is 3.90. The number of nitrogens with one attached hydrogen (secondary N) is 1. The topological polar surface area (TPSA) is 30.5 Å². The Labute approximate surface area is 104 Å². The number of hydrogen-bond acceptors (Lipinski definition) is 3. The fraction of sp³-hybridized carbons (Fsp3) is 0.571. The molecule has 0 saturated carbocycles. The first kappa shape index (κ1) is 14.2. The minimum Gasteiger partial charge on any atom is -0.352 e. The van der Waals surface area contributed by atoms with Gasteiger partial charge >= 0.3 is 0 Å². The smallest absolute Gasteiger partial charge is 0.169 e. The maximum atomic E-state index is 5.47. The van der Waals surface area contributed by atoms with Gasteiger partial charge in [-0.2, -0.15) is 0 Å². The molecule has 0 bridgehead atoms. The van der Waals surface area contributed by atoms with E-state index in [0.717, 1.165) is 13.1 Å². The van der Waals surface area contributed by atoms with Crippen molar-refractivity contribution in [3.8, 4) is 0 Å². The number of ether oxygens (including phenoxy) is 2. The molecule has 0 atom stereocenters. The van der Waals surface area contributed by atoms with Crippen LogP contribution < -0.4 is 5.32 Å². The van der Waals surface area contributed by atoms with Crippen molar-refractivity contribution in [3.63, 3.8) is 0 Å². The standard InChI is InChI=1S/C14H23NO2/c1-4-16-14(17-5-2)11-15-10-13-9-7-6-8-12(13)3/h6-9,14-15H,4-5,10-11H2,1-3H3. The van der Waals surface area contributed by atoms with Gasteiger partial charge in [-0.1, -0.05) is 24.3 Å². The van der Waals surface area contributed by atoms with Gasteiger partial charge in [0.25, 0.3) is 0 Å². The van der Waals surface area contributed by atoms with Crippen LogP contribution in [0.1, 0.15) is 25.0 Å². The van der Waals surface area contributed by atoms with Gasteiger partial charge in [0.2, 0.25) is 0 Å². The van der Waals surface area contributed by atoms with Crippen molar-refractivity contribution in [2.45, 2.75) is 33.6 Å². The van der Waals surface area contributed by atoms with E-state index >= 15 is 0 Å². The zero-order valence-electron chi connectivity index (χ0n) is 11.0. The average molecular weight is 237 g/mol. The van der Waals surface area contributed by atoms with Crippen molar-refractivity contribution < 1.29 is 9.47 Å². The normalized spacial score (nSPS) is 11.1. The Morgan fingerprint density at radius 3 is 2.35 bits per heavy atom. The summed E-state index contributed by atoms with van der Waals surface area (Å²) >= 11 is 0. The van der Waals surface area contributed by atoms with Gasteiger partial charge < -0.3 is 14.8 Å².